The molecule has 1 atom stereocenters. The third kappa shape index (κ3) is 3.85. The van der Waals surface area contributed by atoms with Crippen molar-refractivity contribution in [3.8, 4) is 0 Å². The lowest BCUT2D eigenvalue weighted by Crippen LogP contribution is -2.54. The molecule has 2 heterocycles. The summed E-state index contributed by atoms with van der Waals surface area (Å²) in [5.41, 5.74) is 1.42. The number of nitrogens with zero attached hydrogens (tertiary/aromatic N) is 2. The first-order valence-electron chi connectivity index (χ1n) is 8.58. The van der Waals surface area contributed by atoms with Crippen LogP contribution in [-0.2, 0) is 9.59 Å². The number of para-hydroxylation sites is 1. The number of nitrogens with one attached hydrogen (secondary N) is 2. The molecule has 1 aromatic carbocycles. The number of aromatic amines is 1. The number of hydrogen-bond acceptors (Lipinski definition) is 4. The topological polar surface area (TPSA) is 106 Å². The Morgan fingerprint density at radius 1 is 1.15 bits per heavy atom. The predicted molar refractivity (Wildman–Crippen MR) is 95.5 cm³/mol. The van der Waals surface area contributed by atoms with Crippen molar-refractivity contribution in [1.29, 1.82) is 0 Å². The smallest absolute Gasteiger partial charge is 0.312 e. The van der Waals surface area contributed by atoms with Gasteiger partial charge in [-0.3, -0.25) is 14.4 Å². The zero-order chi connectivity index (χ0) is 18.7. The van der Waals surface area contributed by atoms with Crippen LogP contribution in [0.4, 0.5) is 0 Å². The molecular formula is C18H22N4O4. The van der Waals surface area contributed by atoms with Crippen molar-refractivity contribution in [2.75, 3.05) is 32.7 Å². The first-order chi connectivity index (χ1) is 12.5. The van der Waals surface area contributed by atoms with Gasteiger partial charge in [-0.1, -0.05) is 18.2 Å². The fraction of sp³-hybridized carbons (Fsp3) is 0.389. The Labute approximate surface area is 150 Å². The highest BCUT2D eigenvalue weighted by atomic mass is 16.3. The number of benzene rings is 1. The third-order valence-electron chi connectivity index (χ3n) is 4.37. The summed E-state index contributed by atoms with van der Waals surface area (Å²) in [4.78, 5) is 42.7. The SMILES string of the molecule is CC(O)CNC(=O)C(=O)N1CCN(C(=O)c2cc3ccccc3[nH]2)CC1. The first kappa shape index (κ1) is 17.9. The lowest BCUT2D eigenvalue weighted by molar-refractivity contribution is -0.146. The number of amides is 3. The van der Waals surface area contributed by atoms with Crippen molar-refractivity contribution >= 4 is 28.6 Å². The predicted octanol–water partition coefficient (Wildman–Crippen LogP) is -0.0507. The van der Waals surface area contributed by atoms with E-state index in [2.05, 4.69) is 10.3 Å². The summed E-state index contributed by atoms with van der Waals surface area (Å²) in [6.45, 7) is 2.88. The van der Waals surface area contributed by atoms with Gasteiger partial charge >= 0.3 is 11.8 Å². The number of carbonyl (C=O) groups excluding carboxylic acids is 3. The molecule has 1 fully saturated rings. The molecule has 26 heavy (non-hydrogen) atoms. The van der Waals surface area contributed by atoms with E-state index in [1.54, 1.807) is 4.90 Å². The zero-order valence-corrected chi connectivity index (χ0v) is 14.6. The van der Waals surface area contributed by atoms with Crippen LogP contribution >= 0.6 is 0 Å². The number of fused-ring (bicyclic) bond motifs is 1. The van der Waals surface area contributed by atoms with E-state index < -0.39 is 17.9 Å². The van der Waals surface area contributed by atoms with Crippen molar-refractivity contribution in [3.05, 3.63) is 36.0 Å². The van der Waals surface area contributed by atoms with E-state index in [1.807, 2.05) is 30.3 Å². The molecule has 1 aliphatic heterocycles. The van der Waals surface area contributed by atoms with Gasteiger partial charge in [0.05, 0.1) is 6.10 Å². The van der Waals surface area contributed by atoms with Crippen LogP contribution in [-0.4, -0.2) is 76.4 Å². The van der Waals surface area contributed by atoms with E-state index in [-0.39, 0.29) is 12.5 Å². The minimum Gasteiger partial charge on any atom is -0.392 e. The van der Waals surface area contributed by atoms with Crippen LogP contribution in [0.1, 0.15) is 17.4 Å². The molecular weight excluding hydrogens is 336 g/mol. The molecule has 0 spiro atoms. The standard InChI is InChI=1S/C18H22N4O4/c1-12(23)11-19-16(24)18(26)22-8-6-21(7-9-22)17(25)15-10-13-4-2-3-5-14(13)20-15/h2-5,10,12,20,23H,6-9,11H2,1H3,(H,19,24). The first-order valence-corrected chi connectivity index (χ1v) is 8.58. The van der Waals surface area contributed by atoms with E-state index in [4.69, 9.17) is 5.11 Å². The molecule has 0 radical (unpaired) electrons. The number of H-pyrrole nitrogens is 1. The minimum atomic E-state index is -0.735. The molecule has 8 nitrogen and oxygen atoms in total. The Hall–Kier alpha value is -2.87. The molecule has 0 bridgehead atoms. The maximum atomic E-state index is 12.6. The molecule has 138 valence electrons. The summed E-state index contributed by atoms with van der Waals surface area (Å²) in [5, 5.41) is 12.5. The Kier molecular flexibility index (Phi) is 5.22. The van der Waals surface area contributed by atoms with Gasteiger partial charge < -0.3 is 25.2 Å². The summed E-state index contributed by atoms with van der Waals surface area (Å²) in [5.74, 6) is -1.49. The maximum absolute atomic E-state index is 12.6. The van der Waals surface area contributed by atoms with Crippen molar-refractivity contribution in [1.82, 2.24) is 20.1 Å². The Morgan fingerprint density at radius 2 is 1.81 bits per heavy atom. The number of hydrogen-bond donors (Lipinski definition) is 3. The van der Waals surface area contributed by atoms with Gasteiger partial charge in [-0.2, -0.15) is 0 Å². The molecule has 1 saturated heterocycles. The highest BCUT2D eigenvalue weighted by molar-refractivity contribution is 6.35. The molecule has 0 saturated carbocycles. The second-order valence-corrected chi connectivity index (χ2v) is 6.41. The van der Waals surface area contributed by atoms with Gasteiger partial charge in [0.25, 0.3) is 5.91 Å². The molecule has 3 N–H and O–H groups in total. The van der Waals surface area contributed by atoms with Crippen molar-refractivity contribution in [2.45, 2.75) is 13.0 Å². The molecule has 1 aliphatic rings. The van der Waals surface area contributed by atoms with Crippen molar-refractivity contribution in [3.63, 3.8) is 0 Å². The molecule has 2 aromatic rings. The highest BCUT2D eigenvalue weighted by Gasteiger charge is 2.28. The molecule has 0 aliphatic carbocycles. The number of aliphatic hydroxyl groups excluding tert-OH is 1. The zero-order valence-electron chi connectivity index (χ0n) is 14.6. The van der Waals surface area contributed by atoms with E-state index in [9.17, 15) is 14.4 Å². The Morgan fingerprint density at radius 3 is 2.46 bits per heavy atom. The number of carbonyl (C=O) groups is 3. The van der Waals surface area contributed by atoms with Gasteiger partial charge in [-0.25, -0.2) is 0 Å². The van der Waals surface area contributed by atoms with E-state index >= 15 is 0 Å². The third-order valence-corrected chi connectivity index (χ3v) is 4.37. The summed E-state index contributed by atoms with van der Waals surface area (Å²) >= 11 is 0. The monoisotopic (exact) mass is 358 g/mol. The molecule has 1 unspecified atom stereocenters. The van der Waals surface area contributed by atoms with Crippen LogP contribution < -0.4 is 5.32 Å². The van der Waals surface area contributed by atoms with Gasteiger partial charge in [0.15, 0.2) is 0 Å². The van der Waals surface area contributed by atoms with Gasteiger partial charge in [0.2, 0.25) is 0 Å². The van der Waals surface area contributed by atoms with Crippen LogP contribution in [0.25, 0.3) is 10.9 Å². The lowest BCUT2D eigenvalue weighted by Gasteiger charge is -2.34. The summed E-state index contributed by atoms with van der Waals surface area (Å²) < 4.78 is 0. The van der Waals surface area contributed by atoms with Gasteiger partial charge in [0, 0.05) is 43.6 Å². The van der Waals surface area contributed by atoms with Crippen molar-refractivity contribution < 1.29 is 19.5 Å². The fourth-order valence-electron chi connectivity index (χ4n) is 2.93. The molecule has 1 aromatic heterocycles. The van der Waals surface area contributed by atoms with E-state index in [1.165, 1.54) is 11.8 Å². The van der Waals surface area contributed by atoms with Crippen molar-refractivity contribution in [2.24, 2.45) is 0 Å². The minimum absolute atomic E-state index is 0.0312. The summed E-state index contributed by atoms with van der Waals surface area (Å²) in [6.07, 6.45) is -0.711. The number of piperazine rings is 1. The highest BCUT2D eigenvalue weighted by Crippen LogP contribution is 2.16. The van der Waals surface area contributed by atoms with E-state index in [0.29, 0.717) is 31.9 Å². The van der Waals surface area contributed by atoms with Crippen LogP contribution in [0, 0.1) is 0 Å². The van der Waals surface area contributed by atoms with Crippen LogP contribution in [0.2, 0.25) is 0 Å². The maximum Gasteiger partial charge on any atom is 0.312 e. The number of rotatable bonds is 3. The van der Waals surface area contributed by atoms with Crippen LogP contribution in [0.15, 0.2) is 30.3 Å². The largest absolute Gasteiger partial charge is 0.392 e. The fourth-order valence-corrected chi connectivity index (χ4v) is 2.93. The van der Waals surface area contributed by atoms with Gasteiger partial charge in [0.1, 0.15) is 5.69 Å². The Balaban J connectivity index is 1.56. The average molecular weight is 358 g/mol. The van der Waals surface area contributed by atoms with Gasteiger partial charge in [-0.15, -0.1) is 0 Å². The quantitative estimate of drug-likeness (QED) is 0.669. The summed E-state index contributed by atoms with van der Waals surface area (Å²) in [7, 11) is 0. The van der Waals surface area contributed by atoms with Crippen LogP contribution in [0.3, 0.4) is 0 Å². The number of aromatic nitrogens is 1. The molecule has 3 amide bonds. The van der Waals surface area contributed by atoms with Crippen LogP contribution in [0.5, 0.6) is 0 Å². The number of aliphatic hydroxyl groups is 1. The summed E-state index contributed by atoms with van der Waals surface area (Å²) in [6, 6.07) is 9.48. The molecule has 8 heteroatoms. The van der Waals surface area contributed by atoms with Gasteiger partial charge in [-0.05, 0) is 19.1 Å². The average Bonchev–Trinajstić information content (AvgIpc) is 3.09. The van der Waals surface area contributed by atoms with E-state index in [0.717, 1.165) is 10.9 Å². The lowest BCUT2D eigenvalue weighted by atomic mass is 10.2. The second kappa shape index (κ2) is 7.57. The second-order valence-electron chi connectivity index (χ2n) is 6.41. The normalized spacial score (nSPS) is 15.8. The Bertz CT molecular complexity index is 788. The molecule has 3 rings (SSSR count).